The van der Waals surface area contributed by atoms with Crippen LogP contribution in [0.15, 0.2) is 0 Å². The van der Waals surface area contributed by atoms with Gasteiger partial charge in [-0.2, -0.15) is 0 Å². The first-order valence-electron chi connectivity index (χ1n) is 4.67. The average molecular weight is 220 g/mol. The van der Waals surface area contributed by atoms with Crippen molar-refractivity contribution in [1.29, 1.82) is 0 Å². The molecule has 1 heterocycles. The highest BCUT2D eigenvalue weighted by Gasteiger charge is 2.25. The number of hydrogen-bond donors (Lipinski definition) is 2. The molecule has 0 saturated carbocycles. The van der Waals surface area contributed by atoms with E-state index < -0.39 is 15.9 Å². The topological polar surface area (TPSA) is 89.3 Å². The number of carbonyl (C=O) groups is 1. The standard InChI is InChI=1S/C8H16N2O3S/c1-6(9)8(11)10-7-2-4-14(12,13)5-3-7/h6-7H,2-5,9H2,1H3,(H,10,11)/t6-/m0/s1. The minimum Gasteiger partial charge on any atom is -0.352 e. The van der Waals surface area contributed by atoms with Crippen molar-refractivity contribution in [3.8, 4) is 0 Å². The van der Waals surface area contributed by atoms with E-state index in [0.717, 1.165) is 0 Å². The van der Waals surface area contributed by atoms with Crippen molar-refractivity contribution < 1.29 is 13.2 Å². The van der Waals surface area contributed by atoms with Crippen LogP contribution in [0.25, 0.3) is 0 Å². The molecule has 14 heavy (non-hydrogen) atoms. The molecule has 0 spiro atoms. The van der Waals surface area contributed by atoms with Crippen LogP contribution in [-0.2, 0) is 14.6 Å². The van der Waals surface area contributed by atoms with E-state index in [0.29, 0.717) is 12.8 Å². The minimum atomic E-state index is -2.85. The van der Waals surface area contributed by atoms with Gasteiger partial charge in [-0.15, -0.1) is 0 Å². The lowest BCUT2D eigenvalue weighted by Crippen LogP contribution is -2.46. The van der Waals surface area contributed by atoms with Gasteiger partial charge in [-0.3, -0.25) is 4.79 Å². The van der Waals surface area contributed by atoms with E-state index in [1.165, 1.54) is 0 Å². The summed E-state index contributed by atoms with van der Waals surface area (Å²) < 4.78 is 22.2. The van der Waals surface area contributed by atoms with Crippen molar-refractivity contribution in [2.24, 2.45) is 5.73 Å². The van der Waals surface area contributed by atoms with Gasteiger partial charge >= 0.3 is 0 Å². The van der Waals surface area contributed by atoms with Gasteiger partial charge in [0.2, 0.25) is 5.91 Å². The summed E-state index contributed by atoms with van der Waals surface area (Å²) >= 11 is 0. The summed E-state index contributed by atoms with van der Waals surface area (Å²) in [5.74, 6) is 0.114. The van der Waals surface area contributed by atoms with Crippen molar-refractivity contribution >= 4 is 15.7 Å². The van der Waals surface area contributed by atoms with E-state index >= 15 is 0 Å². The van der Waals surface area contributed by atoms with E-state index in [1.807, 2.05) is 0 Å². The van der Waals surface area contributed by atoms with Crippen molar-refractivity contribution in [2.45, 2.75) is 31.8 Å². The molecule has 0 aromatic rings. The van der Waals surface area contributed by atoms with Crippen LogP contribution < -0.4 is 11.1 Å². The molecule has 0 aromatic heterocycles. The van der Waals surface area contributed by atoms with Crippen molar-refractivity contribution in [3.05, 3.63) is 0 Å². The minimum absolute atomic E-state index is 0.0305. The summed E-state index contributed by atoms with van der Waals surface area (Å²) in [4.78, 5) is 11.2. The number of nitrogens with two attached hydrogens (primary N) is 1. The SMILES string of the molecule is C[C@H](N)C(=O)NC1CCS(=O)(=O)CC1. The van der Waals surface area contributed by atoms with Crippen LogP contribution in [0.5, 0.6) is 0 Å². The van der Waals surface area contributed by atoms with Crippen molar-refractivity contribution in [1.82, 2.24) is 5.32 Å². The van der Waals surface area contributed by atoms with Crippen LogP contribution in [0.1, 0.15) is 19.8 Å². The van der Waals surface area contributed by atoms with Crippen molar-refractivity contribution in [2.75, 3.05) is 11.5 Å². The highest BCUT2D eigenvalue weighted by molar-refractivity contribution is 7.91. The van der Waals surface area contributed by atoms with E-state index in [4.69, 9.17) is 5.73 Å². The summed E-state index contributed by atoms with van der Waals surface area (Å²) in [5, 5.41) is 2.73. The molecule has 1 fully saturated rings. The molecule has 1 amide bonds. The second kappa shape index (κ2) is 4.27. The maximum absolute atomic E-state index is 11.2. The number of amides is 1. The number of rotatable bonds is 2. The predicted octanol–water partition coefficient (Wildman–Crippen LogP) is -0.973. The largest absolute Gasteiger partial charge is 0.352 e. The summed E-state index contributed by atoms with van der Waals surface area (Å²) in [5.41, 5.74) is 5.38. The highest BCUT2D eigenvalue weighted by atomic mass is 32.2. The van der Waals surface area contributed by atoms with E-state index in [1.54, 1.807) is 6.92 Å². The molecule has 0 aromatic carbocycles. The van der Waals surface area contributed by atoms with E-state index in [-0.39, 0.29) is 23.5 Å². The average Bonchev–Trinajstić information content (AvgIpc) is 2.08. The van der Waals surface area contributed by atoms with Crippen LogP contribution in [0.2, 0.25) is 0 Å². The van der Waals surface area contributed by atoms with Gasteiger partial charge in [0.1, 0.15) is 9.84 Å². The first-order chi connectivity index (χ1) is 6.41. The quantitative estimate of drug-likeness (QED) is 0.626. The van der Waals surface area contributed by atoms with Gasteiger partial charge < -0.3 is 11.1 Å². The van der Waals surface area contributed by atoms with Gasteiger partial charge in [-0.25, -0.2) is 8.42 Å². The number of nitrogens with one attached hydrogen (secondary N) is 1. The Balaban J connectivity index is 2.40. The molecule has 82 valence electrons. The first-order valence-corrected chi connectivity index (χ1v) is 6.49. The maximum atomic E-state index is 11.2. The summed E-state index contributed by atoms with van der Waals surface area (Å²) in [6, 6.07) is -0.564. The van der Waals surface area contributed by atoms with Gasteiger partial charge in [-0.1, -0.05) is 0 Å². The maximum Gasteiger partial charge on any atom is 0.236 e. The lowest BCUT2D eigenvalue weighted by atomic mass is 10.1. The Labute approximate surface area is 84.0 Å². The molecule has 1 rings (SSSR count). The summed E-state index contributed by atoms with van der Waals surface area (Å²) in [6.07, 6.45) is 1.00. The zero-order chi connectivity index (χ0) is 10.8. The summed E-state index contributed by atoms with van der Waals surface area (Å²) in [6.45, 7) is 1.61. The molecule has 0 unspecified atom stereocenters. The smallest absolute Gasteiger partial charge is 0.236 e. The van der Waals surface area contributed by atoms with Gasteiger partial charge in [-0.05, 0) is 19.8 Å². The van der Waals surface area contributed by atoms with Gasteiger partial charge in [0.05, 0.1) is 17.5 Å². The molecule has 1 aliphatic heterocycles. The van der Waals surface area contributed by atoms with Crippen LogP contribution in [0.3, 0.4) is 0 Å². The van der Waals surface area contributed by atoms with Gasteiger partial charge in [0, 0.05) is 6.04 Å². The fourth-order valence-corrected chi connectivity index (χ4v) is 2.86. The molecular weight excluding hydrogens is 204 g/mol. The third-order valence-electron chi connectivity index (χ3n) is 2.31. The lowest BCUT2D eigenvalue weighted by Gasteiger charge is -2.23. The fraction of sp³-hybridized carbons (Fsp3) is 0.875. The third-order valence-corrected chi connectivity index (χ3v) is 4.03. The third kappa shape index (κ3) is 3.26. The molecule has 0 radical (unpaired) electrons. The van der Waals surface area contributed by atoms with E-state index in [9.17, 15) is 13.2 Å². The molecule has 0 bridgehead atoms. The molecule has 6 heteroatoms. The van der Waals surface area contributed by atoms with Crippen LogP contribution >= 0.6 is 0 Å². The normalized spacial score (nSPS) is 24.1. The Hall–Kier alpha value is -0.620. The Bertz CT molecular complexity index is 297. The zero-order valence-electron chi connectivity index (χ0n) is 8.19. The fourth-order valence-electron chi connectivity index (χ4n) is 1.37. The molecule has 1 atom stereocenters. The van der Waals surface area contributed by atoms with Crippen molar-refractivity contribution in [3.63, 3.8) is 0 Å². The molecule has 0 aliphatic carbocycles. The van der Waals surface area contributed by atoms with Crippen LogP contribution in [-0.4, -0.2) is 37.9 Å². The van der Waals surface area contributed by atoms with Gasteiger partial charge in [0.25, 0.3) is 0 Å². The lowest BCUT2D eigenvalue weighted by molar-refractivity contribution is -0.122. The predicted molar refractivity (Wildman–Crippen MR) is 53.5 cm³/mol. The summed E-state index contributed by atoms with van der Waals surface area (Å²) in [7, 11) is -2.85. The second-order valence-corrected chi connectivity index (χ2v) is 6.03. The first kappa shape index (κ1) is 11.5. The van der Waals surface area contributed by atoms with E-state index in [2.05, 4.69) is 5.32 Å². The molecule has 5 nitrogen and oxygen atoms in total. The Kier molecular flexibility index (Phi) is 3.49. The Morgan fingerprint density at radius 2 is 1.93 bits per heavy atom. The van der Waals surface area contributed by atoms with Crippen LogP contribution in [0, 0.1) is 0 Å². The monoisotopic (exact) mass is 220 g/mol. The number of carbonyl (C=O) groups excluding carboxylic acids is 1. The number of sulfone groups is 1. The zero-order valence-corrected chi connectivity index (χ0v) is 9.01. The molecule has 3 N–H and O–H groups in total. The molecule has 1 aliphatic rings. The second-order valence-electron chi connectivity index (χ2n) is 3.72. The Morgan fingerprint density at radius 1 is 1.43 bits per heavy atom. The van der Waals surface area contributed by atoms with Crippen LogP contribution in [0.4, 0.5) is 0 Å². The molecule has 1 saturated heterocycles. The highest BCUT2D eigenvalue weighted by Crippen LogP contribution is 2.11. The number of hydrogen-bond acceptors (Lipinski definition) is 4. The Morgan fingerprint density at radius 3 is 2.36 bits per heavy atom. The van der Waals surface area contributed by atoms with Gasteiger partial charge in [0.15, 0.2) is 0 Å². The molecular formula is C8H16N2O3S.